The van der Waals surface area contributed by atoms with E-state index in [4.69, 9.17) is 22.1 Å². The van der Waals surface area contributed by atoms with E-state index in [0.29, 0.717) is 28.2 Å². The predicted octanol–water partition coefficient (Wildman–Crippen LogP) is 2.99. The fraction of sp³-hybridized carbons (Fsp3) is 0.533. The molecule has 21 heavy (non-hydrogen) atoms. The Morgan fingerprint density at radius 1 is 1.38 bits per heavy atom. The zero-order chi connectivity index (χ0) is 14.1. The van der Waals surface area contributed by atoms with Crippen LogP contribution in [0.3, 0.4) is 0 Å². The molecule has 2 aliphatic rings. The first-order chi connectivity index (χ1) is 9.65. The van der Waals surface area contributed by atoms with Crippen LogP contribution in [0.25, 0.3) is 0 Å². The summed E-state index contributed by atoms with van der Waals surface area (Å²) < 4.78 is 5.40. The van der Waals surface area contributed by atoms with Crippen molar-refractivity contribution < 1.29 is 9.53 Å². The molecular weight excluding hydrogens is 311 g/mol. The highest BCUT2D eigenvalue weighted by Gasteiger charge is 2.35. The van der Waals surface area contributed by atoms with Crippen molar-refractivity contribution >= 4 is 35.6 Å². The Bertz CT molecular complexity index is 514. The van der Waals surface area contributed by atoms with Gasteiger partial charge in [-0.1, -0.05) is 11.6 Å². The number of amides is 1. The number of anilines is 1. The van der Waals surface area contributed by atoms with Crippen molar-refractivity contribution in [2.24, 2.45) is 5.92 Å². The molecule has 116 valence electrons. The summed E-state index contributed by atoms with van der Waals surface area (Å²) in [7, 11) is 0. The standard InChI is InChI=1S/C15H19ClN2O2.ClH/c16-14-7-11(17)1-4-13(14)15(19)18(12-2-3-12)8-10-5-6-20-9-10;/h1,4,7,10,12H,2-3,5-6,8-9,17H2;1H. The van der Waals surface area contributed by atoms with E-state index < -0.39 is 0 Å². The Hall–Kier alpha value is -0.970. The lowest BCUT2D eigenvalue weighted by atomic mass is 10.1. The van der Waals surface area contributed by atoms with Crippen molar-refractivity contribution in [2.75, 3.05) is 25.5 Å². The number of hydrogen-bond donors (Lipinski definition) is 1. The summed E-state index contributed by atoms with van der Waals surface area (Å²) in [6.07, 6.45) is 3.21. The van der Waals surface area contributed by atoms with Crippen molar-refractivity contribution in [2.45, 2.75) is 25.3 Å². The van der Waals surface area contributed by atoms with E-state index in [1.165, 1.54) is 0 Å². The van der Waals surface area contributed by atoms with Gasteiger partial charge in [-0.25, -0.2) is 0 Å². The molecule has 1 aliphatic carbocycles. The molecule has 3 rings (SSSR count). The maximum Gasteiger partial charge on any atom is 0.255 e. The zero-order valence-electron chi connectivity index (χ0n) is 11.8. The Labute approximate surface area is 136 Å². The average Bonchev–Trinajstić information content (AvgIpc) is 3.12. The van der Waals surface area contributed by atoms with Crippen LogP contribution in [0.15, 0.2) is 18.2 Å². The van der Waals surface area contributed by atoms with Gasteiger partial charge < -0.3 is 15.4 Å². The van der Waals surface area contributed by atoms with Gasteiger partial charge in [0.05, 0.1) is 17.2 Å². The summed E-state index contributed by atoms with van der Waals surface area (Å²) in [5, 5.41) is 0.434. The Morgan fingerprint density at radius 2 is 2.14 bits per heavy atom. The second-order valence-electron chi connectivity index (χ2n) is 5.66. The van der Waals surface area contributed by atoms with Crippen LogP contribution < -0.4 is 5.73 Å². The number of carbonyl (C=O) groups is 1. The van der Waals surface area contributed by atoms with Crippen LogP contribution in [0, 0.1) is 5.92 Å². The number of benzene rings is 1. The van der Waals surface area contributed by atoms with Crippen molar-refractivity contribution in [3.05, 3.63) is 28.8 Å². The summed E-state index contributed by atoms with van der Waals surface area (Å²) in [6, 6.07) is 5.46. The SMILES string of the molecule is Cl.Nc1ccc(C(=O)N(CC2CCOC2)C2CC2)c(Cl)c1. The van der Waals surface area contributed by atoms with Gasteiger partial charge in [-0.15, -0.1) is 12.4 Å². The highest BCUT2D eigenvalue weighted by atomic mass is 35.5. The second kappa shape index (κ2) is 6.86. The molecule has 0 bridgehead atoms. The van der Waals surface area contributed by atoms with E-state index in [9.17, 15) is 4.79 Å². The molecule has 1 amide bonds. The highest BCUT2D eigenvalue weighted by Crippen LogP contribution is 2.32. The highest BCUT2D eigenvalue weighted by molar-refractivity contribution is 6.34. The molecule has 1 atom stereocenters. The van der Waals surface area contributed by atoms with E-state index in [2.05, 4.69) is 0 Å². The van der Waals surface area contributed by atoms with Crippen LogP contribution in [0.2, 0.25) is 5.02 Å². The Kier molecular flexibility index (Phi) is 5.36. The fourth-order valence-corrected chi connectivity index (χ4v) is 2.92. The summed E-state index contributed by atoms with van der Waals surface area (Å²) in [6.45, 7) is 2.33. The number of carbonyl (C=O) groups excluding carboxylic acids is 1. The van der Waals surface area contributed by atoms with Crippen LogP contribution in [0.1, 0.15) is 29.6 Å². The van der Waals surface area contributed by atoms with Crippen LogP contribution in [0.5, 0.6) is 0 Å². The molecule has 1 aromatic rings. The van der Waals surface area contributed by atoms with Crippen LogP contribution in [0.4, 0.5) is 5.69 Å². The number of nitrogens with zero attached hydrogens (tertiary/aromatic N) is 1. The van der Waals surface area contributed by atoms with Gasteiger partial charge in [-0.3, -0.25) is 4.79 Å². The van der Waals surface area contributed by atoms with E-state index in [0.717, 1.165) is 39.0 Å². The molecule has 1 unspecified atom stereocenters. The number of ether oxygens (including phenoxy) is 1. The van der Waals surface area contributed by atoms with Gasteiger partial charge in [0.1, 0.15) is 0 Å². The predicted molar refractivity (Wildman–Crippen MR) is 86.1 cm³/mol. The average molecular weight is 331 g/mol. The Morgan fingerprint density at radius 3 is 2.71 bits per heavy atom. The van der Waals surface area contributed by atoms with Gasteiger partial charge in [-0.2, -0.15) is 0 Å². The van der Waals surface area contributed by atoms with Crippen LogP contribution >= 0.6 is 24.0 Å². The number of nitrogens with two attached hydrogens (primary N) is 1. The van der Waals surface area contributed by atoms with Crippen molar-refractivity contribution in [1.82, 2.24) is 4.90 Å². The smallest absolute Gasteiger partial charge is 0.255 e. The van der Waals surface area contributed by atoms with Gasteiger partial charge >= 0.3 is 0 Å². The third-order valence-electron chi connectivity index (χ3n) is 3.95. The Balaban J connectivity index is 0.00000161. The molecule has 1 saturated heterocycles. The molecule has 4 nitrogen and oxygen atoms in total. The number of nitrogen functional groups attached to an aromatic ring is 1. The van der Waals surface area contributed by atoms with Gasteiger partial charge in [0, 0.05) is 30.8 Å². The quantitative estimate of drug-likeness (QED) is 0.863. The number of halogens is 2. The van der Waals surface area contributed by atoms with Crippen LogP contribution in [-0.2, 0) is 4.74 Å². The molecule has 2 N–H and O–H groups in total. The van der Waals surface area contributed by atoms with E-state index >= 15 is 0 Å². The minimum atomic E-state index is 0. The molecule has 1 aliphatic heterocycles. The topological polar surface area (TPSA) is 55.6 Å². The minimum Gasteiger partial charge on any atom is -0.399 e. The first-order valence-electron chi connectivity index (χ1n) is 7.09. The third kappa shape index (κ3) is 3.82. The number of hydrogen-bond acceptors (Lipinski definition) is 3. The normalized spacial score (nSPS) is 20.9. The first-order valence-corrected chi connectivity index (χ1v) is 7.46. The van der Waals surface area contributed by atoms with Crippen molar-refractivity contribution in [3.63, 3.8) is 0 Å². The largest absolute Gasteiger partial charge is 0.399 e. The van der Waals surface area contributed by atoms with E-state index in [1.54, 1.807) is 18.2 Å². The molecule has 0 aromatic heterocycles. The van der Waals surface area contributed by atoms with Gasteiger partial charge in [-0.05, 0) is 37.5 Å². The monoisotopic (exact) mass is 330 g/mol. The lowest BCUT2D eigenvalue weighted by Crippen LogP contribution is -2.37. The van der Waals surface area contributed by atoms with Gasteiger partial charge in [0.15, 0.2) is 0 Å². The maximum absolute atomic E-state index is 12.7. The lowest BCUT2D eigenvalue weighted by Gasteiger charge is -2.25. The second-order valence-corrected chi connectivity index (χ2v) is 6.06. The minimum absolute atomic E-state index is 0. The molecule has 0 spiro atoms. The molecule has 1 saturated carbocycles. The molecular formula is C15H20Cl2N2O2. The first kappa shape index (κ1) is 16.4. The summed E-state index contributed by atoms with van der Waals surface area (Å²) in [5.74, 6) is 0.469. The lowest BCUT2D eigenvalue weighted by molar-refractivity contribution is 0.0706. The molecule has 2 fully saturated rings. The fourth-order valence-electron chi connectivity index (χ4n) is 2.65. The summed E-state index contributed by atoms with van der Waals surface area (Å²) >= 11 is 6.16. The summed E-state index contributed by atoms with van der Waals surface area (Å²) in [5.41, 5.74) is 6.81. The van der Waals surface area contributed by atoms with Gasteiger partial charge in [0.25, 0.3) is 5.91 Å². The van der Waals surface area contributed by atoms with E-state index in [-0.39, 0.29) is 18.3 Å². The van der Waals surface area contributed by atoms with Gasteiger partial charge in [0.2, 0.25) is 0 Å². The molecule has 6 heteroatoms. The van der Waals surface area contributed by atoms with E-state index in [1.807, 2.05) is 4.90 Å². The molecule has 0 radical (unpaired) electrons. The zero-order valence-corrected chi connectivity index (χ0v) is 13.3. The van der Waals surface area contributed by atoms with Crippen molar-refractivity contribution in [3.8, 4) is 0 Å². The maximum atomic E-state index is 12.7. The third-order valence-corrected chi connectivity index (χ3v) is 4.26. The molecule has 1 aromatic carbocycles. The summed E-state index contributed by atoms with van der Waals surface area (Å²) in [4.78, 5) is 14.7. The van der Waals surface area contributed by atoms with Crippen LogP contribution in [-0.4, -0.2) is 36.6 Å². The van der Waals surface area contributed by atoms with Crippen molar-refractivity contribution in [1.29, 1.82) is 0 Å². The molecule has 1 heterocycles. The number of rotatable bonds is 4.